The van der Waals surface area contributed by atoms with Crippen LogP contribution in [0.4, 0.5) is 0 Å². The van der Waals surface area contributed by atoms with Crippen molar-refractivity contribution in [1.29, 1.82) is 0 Å². The third-order valence-electron chi connectivity index (χ3n) is 5.00. The zero-order chi connectivity index (χ0) is 18.5. The predicted molar refractivity (Wildman–Crippen MR) is 112 cm³/mol. The Hall–Kier alpha value is -3.31. The molecule has 136 valence electrons. The van der Waals surface area contributed by atoms with Crippen molar-refractivity contribution < 1.29 is 9.47 Å². The summed E-state index contributed by atoms with van der Waals surface area (Å²) in [6.07, 6.45) is 0. The van der Waals surface area contributed by atoms with Crippen molar-refractivity contribution in [1.82, 2.24) is 9.97 Å². The van der Waals surface area contributed by atoms with Crippen molar-refractivity contribution >= 4 is 33.6 Å². The summed E-state index contributed by atoms with van der Waals surface area (Å²) in [4.78, 5) is 9.58. The summed E-state index contributed by atoms with van der Waals surface area (Å²) in [6.45, 7) is 0.286. The van der Waals surface area contributed by atoms with Gasteiger partial charge in [-0.25, -0.2) is 0 Å². The van der Waals surface area contributed by atoms with Crippen LogP contribution >= 0.6 is 11.8 Å². The standard InChI is InChI=1S/C23H16N2O2S/c1-2-6-15(7-3-1)28-23-16-8-4-5-9-17(16)25-22(23)19-10-14-11-20-21(27-13-26-20)12-18(14)24-19/h1-12,24-25H,13H2. The minimum absolute atomic E-state index is 0.286. The Morgan fingerprint density at radius 1 is 0.750 bits per heavy atom. The van der Waals surface area contributed by atoms with Crippen molar-refractivity contribution in [2.45, 2.75) is 9.79 Å². The Balaban J connectivity index is 1.54. The molecule has 0 fully saturated rings. The fourth-order valence-corrected chi connectivity index (χ4v) is 4.75. The molecule has 0 amide bonds. The predicted octanol–water partition coefficient (Wildman–Crippen LogP) is 6.20. The number of aromatic nitrogens is 2. The van der Waals surface area contributed by atoms with Crippen molar-refractivity contribution in [2.24, 2.45) is 0 Å². The number of aromatic amines is 2. The number of hydrogen-bond donors (Lipinski definition) is 2. The Morgan fingerprint density at radius 2 is 1.54 bits per heavy atom. The van der Waals surface area contributed by atoms with E-state index in [2.05, 4.69) is 64.6 Å². The third-order valence-corrected chi connectivity index (χ3v) is 6.14. The van der Waals surface area contributed by atoms with E-state index in [1.54, 1.807) is 11.8 Å². The van der Waals surface area contributed by atoms with Crippen LogP contribution in [0.5, 0.6) is 11.5 Å². The number of fused-ring (bicyclic) bond motifs is 3. The first kappa shape index (κ1) is 15.7. The van der Waals surface area contributed by atoms with E-state index in [0.717, 1.165) is 39.3 Å². The van der Waals surface area contributed by atoms with Crippen molar-refractivity contribution in [3.05, 3.63) is 72.8 Å². The van der Waals surface area contributed by atoms with E-state index in [-0.39, 0.29) is 6.79 Å². The summed E-state index contributed by atoms with van der Waals surface area (Å²) in [5.41, 5.74) is 4.30. The van der Waals surface area contributed by atoms with Crippen LogP contribution < -0.4 is 9.47 Å². The van der Waals surface area contributed by atoms with Crippen molar-refractivity contribution in [2.75, 3.05) is 6.79 Å². The zero-order valence-electron chi connectivity index (χ0n) is 14.9. The van der Waals surface area contributed by atoms with E-state index in [1.165, 1.54) is 15.2 Å². The molecule has 0 aliphatic carbocycles. The summed E-state index contributed by atoms with van der Waals surface area (Å²) < 4.78 is 11.0. The normalized spacial score (nSPS) is 12.9. The molecule has 6 rings (SSSR count). The van der Waals surface area contributed by atoms with Crippen LogP contribution in [0.1, 0.15) is 0 Å². The second kappa shape index (κ2) is 6.11. The minimum Gasteiger partial charge on any atom is -0.454 e. The monoisotopic (exact) mass is 384 g/mol. The van der Waals surface area contributed by atoms with Gasteiger partial charge in [0.05, 0.1) is 11.4 Å². The van der Waals surface area contributed by atoms with Gasteiger partial charge in [-0.15, -0.1) is 0 Å². The molecule has 4 nitrogen and oxygen atoms in total. The molecule has 0 bridgehead atoms. The molecule has 3 heterocycles. The second-order valence-electron chi connectivity index (χ2n) is 6.77. The number of para-hydroxylation sites is 1. The van der Waals surface area contributed by atoms with Gasteiger partial charge in [-0.05, 0) is 30.3 Å². The largest absolute Gasteiger partial charge is 0.454 e. The van der Waals surface area contributed by atoms with Crippen LogP contribution in [-0.4, -0.2) is 16.8 Å². The fourth-order valence-electron chi connectivity index (χ4n) is 3.67. The van der Waals surface area contributed by atoms with Gasteiger partial charge in [-0.2, -0.15) is 0 Å². The van der Waals surface area contributed by atoms with Crippen molar-refractivity contribution in [3.8, 4) is 22.9 Å². The Labute approximate surface area is 165 Å². The molecular weight excluding hydrogens is 368 g/mol. The maximum atomic E-state index is 5.52. The van der Waals surface area contributed by atoms with Gasteiger partial charge in [0.15, 0.2) is 11.5 Å². The lowest BCUT2D eigenvalue weighted by molar-refractivity contribution is 0.174. The molecule has 0 spiro atoms. The molecule has 2 N–H and O–H groups in total. The lowest BCUT2D eigenvalue weighted by Gasteiger charge is -2.03. The number of rotatable bonds is 3. The van der Waals surface area contributed by atoms with E-state index in [0.29, 0.717) is 0 Å². The zero-order valence-corrected chi connectivity index (χ0v) is 15.7. The van der Waals surface area contributed by atoms with Gasteiger partial charge in [0.1, 0.15) is 0 Å². The third kappa shape index (κ3) is 2.47. The quantitative estimate of drug-likeness (QED) is 0.390. The number of nitrogens with one attached hydrogen (secondary N) is 2. The molecule has 28 heavy (non-hydrogen) atoms. The van der Waals surface area contributed by atoms with Gasteiger partial charge < -0.3 is 19.4 Å². The highest BCUT2D eigenvalue weighted by Crippen LogP contribution is 2.43. The molecule has 0 unspecified atom stereocenters. The van der Waals surface area contributed by atoms with Gasteiger partial charge in [0.25, 0.3) is 0 Å². The molecule has 0 saturated heterocycles. The van der Waals surface area contributed by atoms with Crippen LogP contribution in [0.15, 0.2) is 82.6 Å². The molecule has 0 saturated carbocycles. The molecule has 1 aliphatic heterocycles. The molecule has 1 aliphatic rings. The van der Waals surface area contributed by atoms with Gasteiger partial charge in [-0.3, -0.25) is 0 Å². The molecule has 0 radical (unpaired) electrons. The average molecular weight is 384 g/mol. The van der Waals surface area contributed by atoms with Crippen LogP contribution in [0.2, 0.25) is 0 Å². The number of hydrogen-bond acceptors (Lipinski definition) is 3. The summed E-state index contributed by atoms with van der Waals surface area (Å²) in [5, 5.41) is 2.33. The minimum atomic E-state index is 0.286. The van der Waals surface area contributed by atoms with Crippen LogP contribution in [0, 0.1) is 0 Å². The first-order valence-corrected chi connectivity index (χ1v) is 9.93. The molecular formula is C23H16N2O2S. The maximum absolute atomic E-state index is 5.52. The number of benzene rings is 3. The lowest BCUT2D eigenvalue weighted by Crippen LogP contribution is -1.92. The average Bonchev–Trinajstić information content (AvgIpc) is 3.43. The number of H-pyrrole nitrogens is 2. The Bertz CT molecular complexity index is 1280. The van der Waals surface area contributed by atoms with Gasteiger partial charge in [-0.1, -0.05) is 48.2 Å². The maximum Gasteiger partial charge on any atom is 0.231 e. The van der Waals surface area contributed by atoms with Crippen LogP contribution in [0.3, 0.4) is 0 Å². The number of ether oxygens (including phenoxy) is 2. The summed E-state index contributed by atoms with van der Waals surface area (Å²) in [6, 6.07) is 25.1. The molecule has 5 aromatic rings. The van der Waals surface area contributed by atoms with E-state index in [1.807, 2.05) is 18.2 Å². The first-order valence-electron chi connectivity index (χ1n) is 9.11. The molecule has 5 heteroatoms. The SMILES string of the molecule is c1ccc(Sc2c(-c3cc4cc5c(cc4[nH]3)OCO5)[nH]c3ccccc23)cc1. The summed E-state index contributed by atoms with van der Waals surface area (Å²) >= 11 is 1.78. The highest BCUT2D eigenvalue weighted by Gasteiger charge is 2.19. The Kier molecular flexibility index (Phi) is 3.43. The highest BCUT2D eigenvalue weighted by atomic mass is 32.2. The highest BCUT2D eigenvalue weighted by molar-refractivity contribution is 7.99. The van der Waals surface area contributed by atoms with Crippen LogP contribution in [-0.2, 0) is 0 Å². The smallest absolute Gasteiger partial charge is 0.231 e. The van der Waals surface area contributed by atoms with Gasteiger partial charge in [0, 0.05) is 37.7 Å². The summed E-state index contributed by atoms with van der Waals surface area (Å²) in [5.74, 6) is 1.59. The Morgan fingerprint density at radius 3 is 2.43 bits per heavy atom. The van der Waals surface area contributed by atoms with E-state index in [9.17, 15) is 0 Å². The van der Waals surface area contributed by atoms with Crippen molar-refractivity contribution in [3.63, 3.8) is 0 Å². The fraction of sp³-hybridized carbons (Fsp3) is 0.0435. The van der Waals surface area contributed by atoms with Crippen LogP contribution in [0.25, 0.3) is 33.2 Å². The van der Waals surface area contributed by atoms with E-state index >= 15 is 0 Å². The molecule has 3 aromatic carbocycles. The second-order valence-corrected chi connectivity index (χ2v) is 7.85. The van der Waals surface area contributed by atoms with E-state index in [4.69, 9.17) is 9.47 Å². The molecule has 0 atom stereocenters. The molecule has 2 aromatic heterocycles. The first-order chi connectivity index (χ1) is 13.8. The van der Waals surface area contributed by atoms with E-state index < -0.39 is 0 Å². The van der Waals surface area contributed by atoms with Gasteiger partial charge in [0.2, 0.25) is 6.79 Å². The topological polar surface area (TPSA) is 50.0 Å². The lowest BCUT2D eigenvalue weighted by atomic mass is 10.2. The van der Waals surface area contributed by atoms with Gasteiger partial charge >= 0.3 is 0 Å². The summed E-state index contributed by atoms with van der Waals surface area (Å²) in [7, 11) is 0.